The third kappa shape index (κ3) is 3.45. The summed E-state index contributed by atoms with van der Waals surface area (Å²) in [7, 11) is 2.16. The number of likely N-dealkylation sites (N-methyl/N-ethyl adjacent to an activating group) is 1. The Bertz CT molecular complexity index is 400. The van der Waals surface area contributed by atoms with Crippen LogP contribution in [0.25, 0.3) is 0 Å². The van der Waals surface area contributed by atoms with Crippen molar-refractivity contribution in [3.05, 3.63) is 27.2 Å². The molecule has 0 aromatic heterocycles. The average molecular weight is 308 g/mol. The van der Waals surface area contributed by atoms with Crippen molar-refractivity contribution in [2.45, 2.75) is 25.3 Å². The quantitative estimate of drug-likeness (QED) is 0.881. The number of likely N-dealkylation sites (tertiary alicyclic amines) is 1. The van der Waals surface area contributed by atoms with Gasteiger partial charge in [0.05, 0.1) is 15.7 Å². The molecule has 5 heteroatoms. The van der Waals surface area contributed by atoms with Gasteiger partial charge in [0.1, 0.15) is 0 Å². The van der Waals surface area contributed by atoms with Crippen LogP contribution in [0, 0.1) is 0 Å². The highest BCUT2D eigenvalue weighted by Gasteiger charge is 2.19. The molecule has 0 saturated carbocycles. The molecule has 0 amide bonds. The van der Waals surface area contributed by atoms with Crippen LogP contribution in [-0.2, 0) is 0 Å². The van der Waals surface area contributed by atoms with E-state index in [0.717, 1.165) is 18.8 Å². The van der Waals surface area contributed by atoms with Gasteiger partial charge < -0.3 is 10.2 Å². The number of anilines is 1. The van der Waals surface area contributed by atoms with E-state index in [-0.39, 0.29) is 0 Å². The minimum absolute atomic E-state index is 0.543. The lowest BCUT2D eigenvalue weighted by atomic mass is 10.0. The van der Waals surface area contributed by atoms with Gasteiger partial charge in [-0.3, -0.25) is 0 Å². The van der Waals surface area contributed by atoms with Crippen LogP contribution in [0.4, 0.5) is 5.69 Å². The Labute approximate surface area is 123 Å². The van der Waals surface area contributed by atoms with Crippen molar-refractivity contribution >= 4 is 40.5 Å². The Morgan fingerprint density at radius 3 is 2.50 bits per heavy atom. The lowest BCUT2D eigenvalue weighted by molar-refractivity contribution is 0.194. The van der Waals surface area contributed by atoms with E-state index in [2.05, 4.69) is 17.3 Å². The number of rotatable bonds is 3. The molecular formula is C13H17Cl3N2. The van der Waals surface area contributed by atoms with Crippen molar-refractivity contribution in [2.75, 3.05) is 25.5 Å². The van der Waals surface area contributed by atoms with E-state index in [1.807, 2.05) is 0 Å². The average Bonchev–Trinajstić information content (AvgIpc) is 2.30. The summed E-state index contributed by atoms with van der Waals surface area (Å²) in [4.78, 5) is 2.38. The molecule has 1 aromatic rings. The Balaban J connectivity index is 2.01. The summed E-state index contributed by atoms with van der Waals surface area (Å²) in [6.07, 6.45) is 3.79. The van der Waals surface area contributed by atoms with Crippen molar-refractivity contribution in [3.8, 4) is 0 Å². The van der Waals surface area contributed by atoms with Gasteiger partial charge in [0.15, 0.2) is 0 Å². The summed E-state index contributed by atoms with van der Waals surface area (Å²) >= 11 is 18.2. The number of halogens is 3. The van der Waals surface area contributed by atoms with Crippen LogP contribution < -0.4 is 5.32 Å². The molecule has 0 radical (unpaired) electrons. The second-order valence-corrected chi connectivity index (χ2v) is 6.01. The van der Waals surface area contributed by atoms with Crippen molar-refractivity contribution in [1.82, 2.24) is 4.90 Å². The summed E-state index contributed by atoms with van der Waals surface area (Å²) in [6.45, 7) is 2.02. The molecule has 1 aliphatic heterocycles. The minimum atomic E-state index is 0.543. The Hall–Kier alpha value is -0.150. The van der Waals surface area contributed by atoms with Gasteiger partial charge >= 0.3 is 0 Å². The van der Waals surface area contributed by atoms with Crippen LogP contribution in [0.2, 0.25) is 15.1 Å². The zero-order valence-corrected chi connectivity index (χ0v) is 12.6. The van der Waals surface area contributed by atoms with Crippen LogP contribution in [0.1, 0.15) is 19.3 Å². The number of nitrogens with one attached hydrogen (secondary N) is 1. The predicted octanol–water partition coefficient (Wildman–Crippen LogP) is 4.54. The normalized spacial score (nSPS) is 21.0. The SMILES string of the molecule is CN1CCCCC1CNc1c(Cl)cc(Cl)cc1Cl. The van der Waals surface area contributed by atoms with Crippen molar-refractivity contribution < 1.29 is 0 Å². The fraction of sp³-hybridized carbons (Fsp3) is 0.538. The first kappa shape index (κ1) is 14.3. The third-order valence-corrected chi connectivity index (χ3v) is 4.26. The molecule has 1 N–H and O–H groups in total. The largest absolute Gasteiger partial charge is 0.381 e. The molecule has 100 valence electrons. The summed E-state index contributed by atoms with van der Waals surface area (Å²) in [5.41, 5.74) is 0.779. The molecule has 0 bridgehead atoms. The predicted molar refractivity (Wildman–Crippen MR) is 80.2 cm³/mol. The van der Waals surface area contributed by atoms with E-state index in [0.29, 0.717) is 21.1 Å². The van der Waals surface area contributed by atoms with Crippen LogP contribution in [0.15, 0.2) is 12.1 Å². The number of hydrogen-bond acceptors (Lipinski definition) is 2. The van der Waals surface area contributed by atoms with Gasteiger partial charge in [-0.25, -0.2) is 0 Å². The van der Waals surface area contributed by atoms with E-state index >= 15 is 0 Å². The molecule has 1 unspecified atom stereocenters. The summed E-state index contributed by atoms with van der Waals surface area (Å²) in [5, 5.41) is 5.05. The van der Waals surface area contributed by atoms with E-state index in [9.17, 15) is 0 Å². The minimum Gasteiger partial charge on any atom is -0.381 e. The van der Waals surface area contributed by atoms with Crippen molar-refractivity contribution in [1.29, 1.82) is 0 Å². The molecule has 1 saturated heterocycles. The molecule has 1 fully saturated rings. The summed E-state index contributed by atoms with van der Waals surface area (Å²) < 4.78 is 0. The first-order chi connectivity index (χ1) is 8.58. The van der Waals surface area contributed by atoms with Gasteiger partial charge in [-0.15, -0.1) is 0 Å². The molecule has 1 aromatic carbocycles. The first-order valence-corrected chi connectivity index (χ1v) is 7.30. The molecular weight excluding hydrogens is 291 g/mol. The molecule has 1 atom stereocenters. The fourth-order valence-electron chi connectivity index (χ4n) is 2.33. The monoisotopic (exact) mass is 306 g/mol. The lowest BCUT2D eigenvalue weighted by Gasteiger charge is -2.33. The second kappa shape index (κ2) is 6.33. The van der Waals surface area contributed by atoms with Crippen LogP contribution in [0.3, 0.4) is 0 Å². The van der Waals surface area contributed by atoms with E-state index in [1.165, 1.54) is 19.3 Å². The highest BCUT2D eigenvalue weighted by molar-refractivity contribution is 6.41. The standard InChI is InChI=1S/C13H17Cl3N2/c1-18-5-3-2-4-10(18)8-17-13-11(15)6-9(14)7-12(13)16/h6-7,10,17H,2-5,8H2,1H3. The highest BCUT2D eigenvalue weighted by Crippen LogP contribution is 2.33. The zero-order valence-electron chi connectivity index (χ0n) is 10.3. The van der Waals surface area contributed by atoms with E-state index in [4.69, 9.17) is 34.8 Å². The Kier molecular flexibility index (Phi) is 5.02. The van der Waals surface area contributed by atoms with Crippen LogP contribution in [-0.4, -0.2) is 31.1 Å². The van der Waals surface area contributed by atoms with Gasteiger partial charge in [0, 0.05) is 17.6 Å². The van der Waals surface area contributed by atoms with Crippen molar-refractivity contribution in [3.63, 3.8) is 0 Å². The molecule has 1 heterocycles. The number of piperidine rings is 1. The van der Waals surface area contributed by atoms with Crippen molar-refractivity contribution in [2.24, 2.45) is 0 Å². The van der Waals surface area contributed by atoms with Gasteiger partial charge in [-0.2, -0.15) is 0 Å². The number of nitrogens with zero attached hydrogens (tertiary/aromatic N) is 1. The maximum absolute atomic E-state index is 6.14. The summed E-state index contributed by atoms with van der Waals surface area (Å²) in [5.74, 6) is 0. The number of benzene rings is 1. The first-order valence-electron chi connectivity index (χ1n) is 6.16. The van der Waals surface area contributed by atoms with Crippen LogP contribution in [0.5, 0.6) is 0 Å². The number of hydrogen-bond donors (Lipinski definition) is 1. The lowest BCUT2D eigenvalue weighted by Crippen LogP contribution is -2.40. The van der Waals surface area contributed by atoms with Gasteiger partial charge in [0.2, 0.25) is 0 Å². The van der Waals surface area contributed by atoms with E-state index in [1.54, 1.807) is 12.1 Å². The van der Waals surface area contributed by atoms with Gasteiger partial charge in [0.25, 0.3) is 0 Å². The van der Waals surface area contributed by atoms with Gasteiger partial charge in [-0.1, -0.05) is 41.2 Å². The maximum Gasteiger partial charge on any atom is 0.0720 e. The molecule has 2 rings (SSSR count). The second-order valence-electron chi connectivity index (χ2n) is 4.76. The molecule has 0 spiro atoms. The summed E-state index contributed by atoms with van der Waals surface area (Å²) in [6, 6.07) is 3.96. The topological polar surface area (TPSA) is 15.3 Å². The smallest absolute Gasteiger partial charge is 0.0720 e. The Morgan fingerprint density at radius 1 is 1.22 bits per heavy atom. The third-order valence-electron chi connectivity index (χ3n) is 3.44. The van der Waals surface area contributed by atoms with Crippen LogP contribution >= 0.6 is 34.8 Å². The molecule has 1 aliphatic rings. The molecule has 0 aliphatic carbocycles. The highest BCUT2D eigenvalue weighted by atomic mass is 35.5. The van der Waals surface area contributed by atoms with E-state index < -0.39 is 0 Å². The molecule has 2 nitrogen and oxygen atoms in total. The zero-order chi connectivity index (χ0) is 13.1. The van der Waals surface area contributed by atoms with Gasteiger partial charge in [-0.05, 0) is 38.6 Å². The fourth-order valence-corrected chi connectivity index (χ4v) is 3.28. The Morgan fingerprint density at radius 2 is 1.89 bits per heavy atom. The maximum atomic E-state index is 6.14. The molecule has 18 heavy (non-hydrogen) atoms.